The van der Waals surface area contributed by atoms with Gasteiger partial charge in [-0.3, -0.25) is 0 Å². The normalized spacial score (nSPS) is 10.6. The monoisotopic (exact) mass is 368 g/mol. The lowest BCUT2D eigenvalue weighted by molar-refractivity contribution is 0.306. The van der Waals surface area contributed by atoms with Crippen LogP contribution in [0.1, 0.15) is 5.56 Å². The Kier molecular flexibility index (Phi) is 5.06. The highest BCUT2D eigenvalue weighted by molar-refractivity contribution is 7.15. The van der Waals surface area contributed by atoms with Crippen molar-refractivity contribution in [3.63, 3.8) is 0 Å². The maximum absolute atomic E-state index is 13.1. The molecule has 1 heterocycles. The minimum absolute atomic E-state index is 0.339. The molecule has 118 valence electrons. The molecule has 0 atom stereocenters. The number of halogens is 3. The molecule has 0 spiro atoms. The Morgan fingerprint density at radius 2 is 1.70 bits per heavy atom. The second-order valence-electron chi connectivity index (χ2n) is 4.67. The number of rotatable bonds is 5. The molecule has 1 aromatic heterocycles. The molecule has 23 heavy (non-hydrogen) atoms. The van der Waals surface area contributed by atoms with Crippen molar-refractivity contribution in [2.45, 2.75) is 6.61 Å². The van der Waals surface area contributed by atoms with E-state index in [-0.39, 0.29) is 5.82 Å². The molecule has 0 N–H and O–H groups in total. The van der Waals surface area contributed by atoms with E-state index in [1.165, 1.54) is 23.5 Å². The van der Waals surface area contributed by atoms with Gasteiger partial charge in [0.2, 0.25) is 0 Å². The number of ether oxygens (including phenoxy) is 2. The number of benzene rings is 2. The van der Waals surface area contributed by atoms with Crippen LogP contribution < -0.4 is 9.47 Å². The second-order valence-corrected chi connectivity index (χ2v) is 6.53. The highest BCUT2D eigenvalue weighted by Gasteiger charge is 2.08. The molecule has 0 radical (unpaired) electrons. The van der Waals surface area contributed by atoms with Gasteiger partial charge in [-0.2, -0.15) is 0 Å². The Bertz CT molecular complexity index is 803. The molecule has 3 rings (SSSR count). The van der Waals surface area contributed by atoms with Crippen molar-refractivity contribution < 1.29 is 13.9 Å². The molecular weight excluding hydrogens is 358 g/mol. The predicted molar refractivity (Wildman–Crippen MR) is 91.6 cm³/mol. The van der Waals surface area contributed by atoms with Crippen molar-refractivity contribution in [2.75, 3.05) is 0 Å². The molecule has 0 bridgehead atoms. The lowest BCUT2D eigenvalue weighted by Crippen LogP contribution is -1.94. The van der Waals surface area contributed by atoms with Crippen LogP contribution in [0.5, 0.6) is 17.2 Å². The number of hydrogen-bond donors (Lipinski definition) is 0. The summed E-state index contributed by atoms with van der Waals surface area (Å²) >= 11 is 13.3. The Labute approximate surface area is 147 Å². The molecule has 0 unspecified atom stereocenters. The minimum Gasteiger partial charge on any atom is -0.489 e. The van der Waals surface area contributed by atoms with Gasteiger partial charge < -0.3 is 9.47 Å². The first-order chi connectivity index (χ1) is 11.1. The smallest absolute Gasteiger partial charge is 0.130 e. The summed E-state index contributed by atoms with van der Waals surface area (Å²) in [5.74, 6) is 1.38. The molecule has 0 amide bonds. The molecule has 2 nitrogen and oxygen atoms in total. The molecule has 0 aliphatic heterocycles. The maximum Gasteiger partial charge on any atom is 0.130 e. The van der Waals surface area contributed by atoms with Gasteiger partial charge in [-0.05, 0) is 36.4 Å². The van der Waals surface area contributed by atoms with Crippen molar-refractivity contribution >= 4 is 34.5 Å². The largest absolute Gasteiger partial charge is 0.489 e. The average molecular weight is 369 g/mol. The zero-order chi connectivity index (χ0) is 16.2. The number of hydrogen-bond acceptors (Lipinski definition) is 3. The van der Waals surface area contributed by atoms with Crippen molar-refractivity contribution in [3.8, 4) is 17.2 Å². The summed E-state index contributed by atoms with van der Waals surface area (Å²) in [6.45, 7) is 0.339. The first-order valence-electron chi connectivity index (χ1n) is 6.69. The maximum atomic E-state index is 13.1. The summed E-state index contributed by atoms with van der Waals surface area (Å²) < 4.78 is 24.9. The first-order valence-corrected chi connectivity index (χ1v) is 8.33. The molecular formula is C17H11Cl2FO2S. The highest BCUT2D eigenvalue weighted by Crippen LogP contribution is 2.33. The van der Waals surface area contributed by atoms with Gasteiger partial charge in [0.05, 0.1) is 5.02 Å². The van der Waals surface area contributed by atoms with Gasteiger partial charge in [-0.1, -0.05) is 29.3 Å². The van der Waals surface area contributed by atoms with Gasteiger partial charge in [-0.15, -0.1) is 11.3 Å². The Hall–Kier alpha value is -1.75. The Balaban J connectivity index is 1.62. The van der Waals surface area contributed by atoms with E-state index in [0.717, 1.165) is 5.56 Å². The van der Waals surface area contributed by atoms with Gasteiger partial charge in [-0.25, -0.2) is 4.39 Å². The fourth-order valence-corrected chi connectivity index (χ4v) is 3.11. The van der Waals surface area contributed by atoms with Crippen molar-refractivity contribution in [2.24, 2.45) is 0 Å². The van der Waals surface area contributed by atoms with Gasteiger partial charge >= 0.3 is 0 Å². The van der Waals surface area contributed by atoms with Crippen LogP contribution in [0.25, 0.3) is 0 Å². The van der Waals surface area contributed by atoms with E-state index >= 15 is 0 Å². The molecule has 3 aromatic rings. The van der Waals surface area contributed by atoms with Crippen LogP contribution in [0.3, 0.4) is 0 Å². The molecule has 0 saturated carbocycles. The zero-order valence-electron chi connectivity index (χ0n) is 11.8. The van der Waals surface area contributed by atoms with Gasteiger partial charge in [0.25, 0.3) is 0 Å². The first kappa shape index (κ1) is 16.1. The van der Waals surface area contributed by atoms with Crippen LogP contribution in [-0.4, -0.2) is 0 Å². The Morgan fingerprint density at radius 1 is 0.957 bits per heavy atom. The van der Waals surface area contributed by atoms with Gasteiger partial charge in [0.15, 0.2) is 0 Å². The van der Waals surface area contributed by atoms with Gasteiger partial charge in [0.1, 0.15) is 34.0 Å². The van der Waals surface area contributed by atoms with E-state index in [1.54, 1.807) is 36.4 Å². The number of thiophene rings is 1. The lowest BCUT2D eigenvalue weighted by atomic mass is 10.3. The zero-order valence-corrected chi connectivity index (χ0v) is 14.1. The summed E-state index contributed by atoms with van der Waals surface area (Å²) in [7, 11) is 0. The van der Waals surface area contributed by atoms with E-state index in [2.05, 4.69) is 0 Å². The van der Waals surface area contributed by atoms with E-state index in [1.807, 2.05) is 5.38 Å². The topological polar surface area (TPSA) is 18.5 Å². The van der Waals surface area contributed by atoms with Gasteiger partial charge in [0, 0.05) is 17.0 Å². The van der Waals surface area contributed by atoms with Crippen molar-refractivity contribution in [1.29, 1.82) is 0 Å². The van der Waals surface area contributed by atoms with Crippen LogP contribution in [0.15, 0.2) is 53.9 Å². The summed E-state index contributed by atoms with van der Waals surface area (Å²) in [4.78, 5) is 0. The van der Waals surface area contributed by atoms with E-state index < -0.39 is 0 Å². The molecule has 0 aliphatic carbocycles. The quantitative estimate of drug-likeness (QED) is 0.507. The highest BCUT2D eigenvalue weighted by atomic mass is 35.5. The average Bonchev–Trinajstić information content (AvgIpc) is 2.86. The summed E-state index contributed by atoms with van der Waals surface area (Å²) in [5, 5.41) is 2.40. The van der Waals surface area contributed by atoms with Crippen molar-refractivity contribution in [1.82, 2.24) is 0 Å². The fourth-order valence-electron chi connectivity index (χ4n) is 1.88. The lowest BCUT2D eigenvalue weighted by Gasteiger charge is -2.08. The molecule has 0 saturated heterocycles. The summed E-state index contributed by atoms with van der Waals surface area (Å²) in [5.41, 5.74) is 0.849. The third kappa shape index (κ3) is 4.16. The Morgan fingerprint density at radius 3 is 2.35 bits per heavy atom. The van der Waals surface area contributed by atoms with Crippen LogP contribution in [0.4, 0.5) is 4.39 Å². The molecule has 0 aliphatic rings. The third-order valence-electron chi connectivity index (χ3n) is 3.01. The van der Waals surface area contributed by atoms with Crippen molar-refractivity contribution in [3.05, 3.63) is 74.7 Å². The second kappa shape index (κ2) is 7.21. The SMILES string of the molecule is Fc1cccc(Oc2ccc(OCc3csc(Cl)c3Cl)cc2)c1. The van der Waals surface area contributed by atoms with E-state index in [4.69, 9.17) is 32.7 Å². The van der Waals surface area contributed by atoms with Crippen LogP contribution in [0, 0.1) is 5.82 Å². The fraction of sp³-hybridized carbons (Fsp3) is 0.0588. The minimum atomic E-state index is -0.339. The summed E-state index contributed by atoms with van der Waals surface area (Å²) in [6.07, 6.45) is 0. The van der Waals surface area contributed by atoms with Crippen LogP contribution >= 0.6 is 34.5 Å². The van der Waals surface area contributed by atoms with E-state index in [9.17, 15) is 4.39 Å². The summed E-state index contributed by atoms with van der Waals surface area (Å²) in [6, 6.07) is 13.0. The molecule has 0 fully saturated rings. The van der Waals surface area contributed by atoms with Crippen LogP contribution in [0.2, 0.25) is 9.36 Å². The third-order valence-corrected chi connectivity index (χ3v) is 4.92. The standard InChI is InChI=1S/C17H11Cl2FO2S/c18-16-11(10-23-17(16)19)9-21-13-4-6-14(7-5-13)22-15-3-1-2-12(20)8-15/h1-8,10H,9H2. The van der Waals surface area contributed by atoms with Crippen LogP contribution in [-0.2, 0) is 6.61 Å². The van der Waals surface area contributed by atoms with E-state index in [0.29, 0.717) is 33.2 Å². The molecule has 2 aromatic carbocycles. The molecule has 6 heteroatoms. The predicted octanol–water partition coefficient (Wildman–Crippen LogP) is 6.57.